The molecule has 2 heterocycles. The normalized spacial score (nSPS) is 10.9. The van der Waals surface area contributed by atoms with E-state index in [9.17, 15) is 4.79 Å². The van der Waals surface area contributed by atoms with Crippen LogP contribution in [0.25, 0.3) is 11.0 Å². The number of nitrogens with two attached hydrogens (primary N) is 1. The van der Waals surface area contributed by atoms with E-state index in [-0.39, 0.29) is 6.42 Å². The maximum Gasteiger partial charge on any atom is 0.223 e. The molecule has 0 spiro atoms. The number of imidazole rings is 1. The Kier molecular flexibility index (Phi) is 6.35. The molecule has 0 saturated heterocycles. The van der Waals surface area contributed by atoms with Gasteiger partial charge in [0.1, 0.15) is 11.5 Å². The van der Waals surface area contributed by atoms with Gasteiger partial charge in [-0.1, -0.05) is 25.5 Å². The third kappa shape index (κ3) is 5.06. The van der Waals surface area contributed by atoms with Gasteiger partial charge in [0.05, 0.1) is 23.1 Å². The first-order valence-electron chi connectivity index (χ1n) is 10.8. The summed E-state index contributed by atoms with van der Waals surface area (Å²) in [5.74, 6) is 1.57. The molecule has 4 rings (SSSR count). The number of carbonyl (C=O) groups is 1. The number of hydrogen-bond acceptors (Lipinski definition) is 5. The van der Waals surface area contributed by atoms with Crippen LogP contribution in [0.1, 0.15) is 31.0 Å². The Balaban J connectivity index is 1.51. The molecule has 0 aliphatic rings. The number of nitrogens with zero attached hydrogens (tertiary/aromatic N) is 3. The van der Waals surface area contributed by atoms with E-state index >= 15 is 0 Å². The SMILES string of the molecule is CCCCc1ccc(Nc2nc3cc(Oc4ccnc(CC(N)=O)c4)ccc3n2C)cc1. The van der Waals surface area contributed by atoms with Gasteiger partial charge in [0.2, 0.25) is 11.9 Å². The van der Waals surface area contributed by atoms with E-state index in [1.165, 1.54) is 18.4 Å². The summed E-state index contributed by atoms with van der Waals surface area (Å²) in [7, 11) is 1.98. The standard InChI is InChI=1S/C25H27N5O2/c1-3-4-5-17-6-8-18(9-7-17)28-25-29-22-16-20(10-11-23(22)30(25)2)32-21-12-13-27-19(14-21)15-24(26)31/h6-14,16H,3-5,15H2,1-2H3,(H2,26,31)(H,28,29). The van der Waals surface area contributed by atoms with Crippen LogP contribution >= 0.6 is 0 Å². The monoisotopic (exact) mass is 429 g/mol. The first-order valence-corrected chi connectivity index (χ1v) is 10.8. The number of pyridine rings is 1. The number of aryl methyl sites for hydroxylation is 2. The van der Waals surface area contributed by atoms with Crippen LogP contribution in [0.5, 0.6) is 11.5 Å². The van der Waals surface area contributed by atoms with Crippen molar-refractivity contribution in [2.24, 2.45) is 12.8 Å². The van der Waals surface area contributed by atoms with Crippen molar-refractivity contribution in [3.8, 4) is 11.5 Å². The minimum Gasteiger partial charge on any atom is -0.457 e. The Morgan fingerprint density at radius 1 is 1.09 bits per heavy atom. The number of fused-ring (bicyclic) bond motifs is 1. The smallest absolute Gasteiger partial charge is 0.223 e. The van der Waals surface area contributed by atoms with Gasteiger partial charge in [-0.05, 0) is 48.7 Å². The number of aromatic nitrogens is 3. The first-order chi connectivity index (χ1) is 15.5. The van der Waals surface area contributed by atoms with Crippen LogP contribution in [-0.4, -0.2) is 20.4 Å². The van der Waals surface area contributed by atoms with Crippen molar-refractivity contribution in [1.29, 1.82) is 0 Å². The van der Waals surface area contributed by atoms with Crippen molar-refractivity contribution < 1.29 is 9.53 Å². The van der Waals surface area contributed by atoms with Crippen molar-refractivity contribution in [2.75, 3.05) is 5.32 Å². The number of primary amides is 1. The summed E-state index contributed by atoms with van der Waals surface area (Å²) in [6.07, 6.45) is 5.18. The van der Waals surface area contributed by atoms with E-state index in [1.54, 1.807) is 18.3 Å². The number of benzene rings is 2. The molecule has 7 nitrogen and oxygen atoms in total. The van der Waals surface area contributed by atoms with Crippen LogP contribution in [0.2, 0.25) is 0 Å². The summed E-state index contributed by atoms with van der Waals surface area (Å²) in [6.45, 7) is 2.20. The largest absolute Gasteiger partial charge is 0.457 e. The number of carbonyl (C=O) groups excluding carboxylic acids is 1. The highest BCUT2D eigenvalue weighted by molar-refractivity contribution is 5.81. The van der Waals surface area contributed by atoms with E-state index in [4.69, 9.17) is 15.5 Å². The van der Waals surface area contributed by atoms with Crippen LogP contribution in [0.15, 0.2) is 60.8 Å². The summed E-state index contributed by atoms with van der Waals surface area (Å²) in [6, 6.07) is 17.7. The Hall–Kier alpha value is -3.87. The summed E-state index contributed by atoms with van der Waals surface area (Å²) < 4.78 is 7.98. The van der Waals surface area contributed by atoms with Gasteiger partial charge in [0, 0.05) is 31.1 Å². The van der Waals surface area contributed by atoms with E-state index in [1.807, 2.05) is 29.8 Å². The Morgan fingerprint density at radius 2 is 1.88 bits per heavy atom. The zero-order chi connectivity index (χ0) is 22.5. The maximum atomic E-state index is 11.1. The second-order valence-electron chi connectivity index (χ2n) is 7.80. The van der Waals surface area contributed by atoms with E-state index in [2.05, 4.69) is 41.5 Å². The summed E-state index contributed by atoms with van der Waals surface area (Å²) in [5.41, 5.74) is 9.97. The number of hydrogen-bond donors (Lipinski definition) is 2. The van der Waals surface area contributed by atoms with Gasteiger partial charge in [-0.25, -0.2) is 4.98 Å². The fourth-order valence-electron chi connectivity index (χ4n) is 3.55. The van der Waals surface area contributed by atoms with Crippen LogP contribution < -0.4 is 15.8 Å². The highest BCUT2D eigenvalue weighted by atomic mass is 16.5. The first kappa shape index (κ1) is 21.4. The lowest BCUT2D eigenvalue weighted by atomic mass is 10.1. The number of ether oxygens (including phenoxy) is 1. The molecule has 32 heavy (non-hydrogen) atoms. The Bertz CT molecular complexity index is 1230. The predicted octanol–water partition coefficient (Wildman–Crippen LogP) is 4.87. The fourth-order valence-corrected chi connectivity index (χ4v) is 3.55. The maximum absolute atomic E-state index is 11.1. The molecule has 0 unspecified atom stereocenters. The van der Waals surface area contributed by atoms with Gasteiger partial charge in [-0.3, -0.25) is 9.78 Å². The van der Waals surface area contributed by atoms with Gasteiger partial charge in [0.25, 0.3) is 0 Å². The summed E-state index contributed by atoms with van der Waals surface area (Å²) >= 11 is 0. The second-order valence-corrected chi connectivity index (χ2v) is 7.80. The molecule has 0 fully saturated rings. The van der Waals surface area contributed by atoms with Crippen LogP contribution in [0.3, 0.4) is 0 Å². The Labute approximate surface area is 187 Å². The summed E-state index contributed by atoms with van der Waals surface area (Å²) in [5, 5.41) is 3.40. The molecule has 164 valence electrons. The van der Waals surface area contributed by atoms with Gasteiger partial charge >= 0.3 is 0 Å². The predicted molar refractivity (Wildman–Crippen MR) is 126 cm³/mol. The number of rotatable bonds is 9. The Morgan fingerprint density at radius 3 is 2.62 bits per heavy atom. The number of unbranched alkanes of at least 4 members (excludes halogenated alkanes) is 1. The quantitative estimate of drug-likeness (QED) is 0.396. The van der Waals surface area contributed by atoms with Gasteiger partial charge in [0.15, 0.2) is 0 Å². The fraction of sp³-hybridized carbons (Fsp3) is 0.240. The van der Waals surface area contributed by atoms with Crippen molar-refractivity contribution in [3.63, 3.8) is 0 Å². The zero-order valence-corrected chi connectivity index (χ0v) is 18.3. The molecular formula is C25H27N5O2. The summed E-state index contributed by atoms with van der Waals surface area (Å²) in [4.78, 5) is 20.0. The lowest BCUT2D eigenvalue weighted by Crippen LogP contribution is -2.14. The van der Waals surface area contributed by atoms with Crippen molar-refractivity contribution in [2.45, 2.75) is 32.6 Å². The molecule has 0 aliphatic heterocycles. The average Bonchev–Trinajstić information content (AvgIpc) is 3.07. The molecule has 3 N–H and O–H groups in total. The van der Waals surface area contributed by atoms with Crippen LogP contribution in [-0.2, 0) is 24.7 Å². The average molecular weight is 430 g/mol. The van der Waals surface area contributed by atoms with Gasteiger partial charge in [-0.2, -0.15) is 0 Å². The topological polar surface area (TPSA) is 95.1 Å². The lowest BCUT2D eigenvalue weighted by Gasteiger charge is -2.08. The van der Waals surface area contributed by atoms with E-state index < -0.39 is 5.91 Å². The number of nitrogens with one attached hydrogen (secondary N) is 1. The van der Waals surface area contributed by atoms with Crippen molar-refractivity contribution in [3.05, 3.63) is 72.1 Å². The van der Waals surface area contributed by atoms with Crippen molar-refractivity contribution in [1.82, 2.24) is 14.5 Å². The molecule has 0 aliphatic carbocycles. The van der Waals surface area contributed by atoms with Crippen LogP contribution in [0, 0.1) is 0 Å². The van der Waals surface area contributed by atoms with Crippen LogP contribution in [0.4, 0.5) is 11.6 Å². The molecule has 0 saturated carbocycles. The molecule has 0 atom stereocenters. The lowest BCUT2D eigenvalue weighted by molar-refractivity contribution is -0.117. The minimum absolute atomic E-state index is 0.0745. The van der Waals surface area contributed by atoms with E-state index in [0.717, 1.165) is 29.1 Å². The van der Waals surface area contributed by atoms with Gasteiger partial charge < -0.3 is 20.4 Å². The molecule has 2 aromatic heterocycles. The molecule has 7 heteroatoms. The molecule has 4 aromatic rings. The molecule has 1 amide bonds. The molecule has 0 bridgehead atoms. The minimum atomic E-state index is -0.430. The zero-order valence-electron chi connectivity index (χ0n) is 18.3. The third-order valence-corrected chi connectivity index (χ3v) is 5.26. The third-order valence-electron chi connectivity index (χ3n) is 5.26. The van der Waals surface area contributed by atoms with Gasteiger partial charge in [-0.15, -0.1) is 0 Å². The molecule has 0 radical (unpaired) electrons. The highest BCUT2D eigenvalue weighted by Crippen LogP contribution is 2.28. The number of anilines is 2. The number of amides is 1. The molecular weight excluding hydrogens is 402 g/mol. The second kappa shape index (κ2) is 9.51. The molecule has 2 aromatic carbocycles. The highest BCUT2D eigenvalue weighted by Gasteiger charge is 2.10. The van der Waals surface area contributed by atoms with Crippen molar-refractivity contribution >= 4 is 28.6 Å². The van der Waals surface area contributed by atoms with E-state index in [0.29, 0.717) is 17.2 Å².